The number of rotatable bonds is 5. The smallest absolute Gasteiger partial charge is 0.300 e. The first-order chi connectivity index (χ1) is 16.4. The first-order valence-electron chi connectivity index (χ1n) is 10.8. The summed E-state index contributed by atoms with van der Waals surface area (Å²) in [6.45, 7) is 3.92. The van der Waals surface area contributed by atoms with Gasteiger partial charge in [-0.2, -0.15) is 0 Å². The van der Waals surface area contributed by atoms with Gasteiger partial charge in [0.25, 0.3) is 11.7 Å². The predicted molar refractivity (Wildman–Crippen MR) is 124 cm³/mol. The van der Waals surface area contributed by atoms with Crippen molar-refractivity contribution in [3.63, 3.8) is 0 Å². The lowest BCUT2D eigenvalue weighted by Crippen LogP contribution is -2.29. The van der Waals surface area contributed by atoms with Crippen molar-refractivity contribution >= 4 is 23.1 Å². The van der Waals surface area contributed by atoms with Gasteiger partial charge in [-0.3, -0.25) is 19.5 Å². The number of Topliss-reactive ketones (excluding diaryl/α,β-unsaturated/α-hetero) is 1. The average Bonchev–Trinajstić information content (AvgIpc) is 3.41. The summed E-state index contributed by atoms with van der Waals surface area (Å²) < 4.78 is 16.6. The molecular weight excluding hydrogens is 436 g/mol. The monoisotopic (exact) mass is 458 g/mol. The van der Waals surface area contributed by atoms with Crippen molar-refractivity contribution in [1.82, 2.24) is 4.98 Å². The van der Waals surface area contributed by atoms with E-state index in [1.54, 1.807) is 60.8 Å². The number of carbonyl (C=O) groups is 2. The highest BCUT2D eigenvalue weighted by Gasteiger charge is 2.47. The molecule has 0 saturated carbocycles. The van der Waals surface area contributed by atoms with Crippen molar-refractivity contribution in [3.05, 3.63) is 83.7 Å². The fourth-order valence-corrected chi connectivity index (χ4v) is 4.11. The quantitative estimate of drug-likeness (QED) is 0.347. The van der Waals surface area contributed by atoms with E-state index in [9.17, 15) is 14.7 Å². The molecule has 8 heteroatoms. The van der Waals surface area contributed by atoms with Gasteiger partial charge in [-0.15, -0.1) is 0 Å². The van der Waals surface area contributed by atoms with Crippen LogP contribution in [0, 0.1) is 0 Å². The van der Waals surface area contributed by atoms with E-state index in [2.05, 4.69) is 4.98 Å². The van der Waals surface area contributed by atoms with Crippen LogP contribution >= 0.6 is 0 Å². The molecule has 0 spiro atoms. The number of hydrogen-bond donors (Lipinski definition) is 1. The van der Waals surface area contributed by atoms with Gasteiger partial charge in [-0.1, -0.05) is 6.07 Å². The summed E-state index contributed by atoms with van der Waals surface area (Å²) in [6.07, 6.45) is 3.08. The van der Waals surface area contributed by atoms with Crippen LogP contribution < -0.4 is 19.1 Å². The molecule has 2 aromatic carbocycles. The van der Waals surface area contributed by atoms with E-state index in [-0.39, 0.29) is 24.2 Å². The Morgan fingerprint density at radius 3 is 2.56 bits per heavy atom. The van der Waals surface area contributed by atoms with Gasteiger partial charge >= 0.3 is 0 Å². The maximum atomic E-state index is 13.2. The van der Waals surface area contributed by atoms with Crippen molar-refractivity contribution in [1.29, 1.82) is 0 Å². The van der Waals surface area contributed by atoms with E-state index in [0.29, 0.717) is 34.1 Å². The highest BCUT2D eigenvalue weighted by Crippen LogP contribution is 2.44. The van der Waals surface area contributed by atoms with Crippen molar-refractivity contribution in [2.75, 3.05) is 11.7 Å². The second-order valence-corrected chi connectivity index (χ2v) is 8.18. The summed E-state index contributed by atoms with van der Waals surface area (Å²) >= 11 is 0. The second kappa shape index (κ2) is 8.55. The summed E-state index contributed by atoms with van der Waals surface area (Å²) in [5.74, 6) is -0.103. The number of benzene rings is 2. The molecular formula is C26H22N2O6. The molecule has 1 atom stereocenters. The Bertz CT molecular complexity index is 1280. The highest BCUT2D eigenvalue weighted by atomic mass is 16.7. The molecule has 172 valence electrons. The highest BCUT2D eigenvalue weighted by molar-refractivity contribution is 6.51. The van der Waals surface area contributed by atoms with E-state index >= 15 is 0 Å². The Morgan fingerprint density at radius 1 is 1.09 bits per heavy atom. The molecule has 1 amide bonds. The number of carbonyl (C=O) groups excluding carboxylic acids is 2. The maximum Gasteiger partial charge on any atom is 0.300 e. The number of fused-ring (bicyclic) bond motifs is 1. The summed E-state index contributed by atoms with van der Waals surface area (Å²) in [6, 6.07) is 14.4. The molecule has 2 aliphatic heterocycles. The normalized spacial score (nSPS) is 18.6. The van der Waals surface area contributed by atoms with Crippen LogP contribution in [0.25, 0.3) is 5.76 Å². The number of anilines is 1. The average molecular weight is 458 g/mol. The summed E-state index contributed by atoms with van der Waals surface area (Å²) in [7, 11) is 0. The number of pyridine rings is 1. The lowest BCUT2D eigenvalue weighted by molar-refractivity contribution is -0.132. The third-order valence-corrected chi connectivity index (χ3v) is 5.58. The van der Waals surface area contributed by atoms with Gasteiger partial charge < -0.3 is 19.3 Å². The van der Waals surface area contributed by atoms with Crippen molar-refractivity contribution in [2.45, 2.75) is 26.0 Å². The fraction of sp³-hybridized carbons (Fsp3) is 0.192. The van der Waals surface area contributed by atoms with Crippen molar-refractivity contribution in [2.24, 2.45) is 0 Å². The molecule has 8 nitrogen and oxygen atoms in total. The minimum atomic E-state index is -0.884. The molecule has 1 unspecified atom stereocenters. The van der Waals surface area contributed by atoms with Gasteiger partial charge in [0, 0.05) is 11.8 Å². The zero-order chi connectivity index (χ0) is 23.8. The molecule has 3 aromatic rings. The van der Waals surface area contributed by atoms with Crippen LogP contribution in [0.15, 0.2) is 72.6 Å². The third-order valence-electron chi connectivity index (χ3n) is 5.58. The van der Waals surface area contributed by atoms with Crippen LogP contribution in [0.5, 0.6) is 17.2 Å². The molecule has 1 saturated heterocycles. The molecule has 2 aliphatic rings. The number of ether oxygens (including phenoxy) is 3. The van der Waals surface area contributed by atoms with Crippen molar-refractivity contribution in [3.8, 4) is 17.2 Å². The fourth-order valence-electron chi connectivity index (χ4n) is 4.11. The van der Waals surface area contributed by atoms with Crippen LogP contribution in [0.3, 0.4) is 0 Å². The Kier molecular flexibility index (Phi) is 5.41. The van der Waals surface area contributed by atoms with Gasteiger partial charge in [-0.25, -0.2) is 0 Å². The van der Waals surface area contributed by atoms with E-state index in [4.69, 9.17) is 14.2 Å². The zero-order valence-corrected chi connectivity index (χ0v) is 18.6. The number of aliphatic hydroxyl groups excluding tert-OH is 1. The Labute approximate surface area is 196 Å². The lowest BCUT2D eigenvalue weighted by Gasteiger charge is -2.25. The minimum Gasteiger partial charge on any atom is -0.507 e. The number of amides is 1. The van der Waals surface area contributed by atoms with Crippen LogP contribution in [0.1, 0.15) is 31.0 Å². The van der Waals surface area contributed by atoms with Gasteiger partial charge in [-0.05, 0) is 67.9 Å². The molecule has 1 N–H and O–H groups in total. The van der Waals surface area contributed by atoms with Gasteiger partial charge in [0.1, 0.15) is 11.5 Å². The van der Waals surface area contributed by atoms with Crippen LogP contribution in [-0.4, -0.2) is 34.7 Å². The lowest BCUT2D eigenvalue weighted by atomic mass is 9.95. The van der Waals surface area contributed by atoms with Crippen LogP contribution in [0.4, 0.5) is 5.69 Å². The molecule has 0 radical (unpaired) electrons. The SMILES string of the molecule is CC(C)Oc1ccc(/C(O)=C2\C(=O)C(=O)N(c3cccnc3)C2c2ccc3c(c2)OCO3)cc1. The summed E-state index contributed by atoms with van der Waals surface area (Å²) in [4.78, 5) is 31.8. The third kappa shape index (κ3) is 3.73. The topological polar surface area (TPSA) is 98.2 Å². The number of aromatic nitrogens is 1. The Hall–Kier alpha value is -4.33. The Balaban J connectivity index is 1.65. The van der Waals surface area contributed by atoms with Gasteiger partial charge in [0.15, 0.2) is 11.5 Å². The first kappa shape index (κ1) is 21.5. The van der Waals surface area contributed by atoms with Crippen molar-refractivity contribution < 1.29 is 28.9 Å². The Morgan fingerprint density at radius 2 is 1.85 bits per heavy atom. The standard InChI is InChI=1S/C26H22N2O6/c1-15(2)34-19-8-5-16(6-9-19)24(29)22-23(17-7-10-20-21(12-17)33-14-32-20)28(26(31)25(22)30)18-4-3-11-27-13-18/h3-13,15,23,29H,14H2,1-2H3/b24-22+. The predicted octanol–water partition coefficient (Wildman–Crippen LogP) is 4.22. The molecule has 1 fully saturated rings. The van der Waals surface area contributed by atoms with E-state index < -0.39 is 17.7 Å². The first-order valence-corrected chi connectivity index (χ1v) is 10.8. The molecule has 0 aliphatic carbocycles. The number of ketones is 1. The number of nitrogens with zero attached hydrogens (tertiary/aromatic N) is 2. The molecule has 0 bridgehead atoms. The number of aliphatic hydroxyl groups is 1. The molecule has 1 aromatic heterocycles. The van der Waals surface area contributed by atoms with Crippen LogP contribution in [0.2, 0.25) is 0 Å². The molecule has 3 heterocycles. The maximum absolute atomic E-state index is 13.2. The second-order valence-electron chi connectivity index (χ2n) is 8.18. The molecule has 34 heavy (non-hydrogen) atoms. The number of hydrogen-bond acceptors (Lipinski definition) is 7. The van der Waals surface area contributed by atoms with E-state index in [1.807, 2.05) is 13.8 Å². The van der Waals surface area contributed by atoms with E-state index in [1.165, 1.54) is 11.1 Å². The largest absolute Gasteiger partial charge is 0.507 e. The van der Waals surface area contributed by atoms with Gasteiger partial charge in [0.2, 0.25) is 6.79 Å². The van der Waals surface area contributed by atoms with Gasteiger partial charge in [0.05, 0.1) is 29.6 Å². The molecule has 5 rings (SSSR count). The summed E-state index contributed by atoms with van der Waals surface area (Å²) in [5, 5.41) is 11.2. The van der Waals surface area contributed by atoms with Crippen LogP contribution in [-0.2, 0) is 9.59 Å². The summed E-state index contributed by atoms with van der Waals surface area (Å²) in [5.41, 5.74) is 1.40. The minimum absolute atomic E-state index is 0.00439. The van der Waals surface area contributed by atoms with E-state index in [0.717, 1.165) is 0 Å². The zero-order valence-electron chi connectivity index (χ0n) is 18.6.